The zero-order valence-corrected chi connectivity index (χ0v) is 8.72. The Labute approximate surface area is 86.5 Å². The van der Waals surface area contributed by atoms with Crippen LogP contribution in [0.25, 0.3) is 0 Å². The third-order valence-electron chi connectivity index (χ3n) is 2.77. The minimum Gasteiger partial charge on any atom is -0.394 e. The molecular formula is C8H16NO4S+. The SMILES string of the molecule is C[C@H]1[NH2+][C@@H]2[C@@H](O)[C@H](O)[C@@H](CO)O[C@@H]2S1. The normalized spacial score (nSPS) is 53.1. The highest BCUT2D eigenvalue weighted by Gasteiger charge is 2.51. The van der Waals surface area contributed by atoms with Crippen LogP contribution in [0.3, 0.4) is 0 Å². The second kappa shape index (κ2) is 3.96. The van der Waals surface area contributed by atoms with Crippen molar-refractivity contribution in [3.63, 3.8) is 0 Å². The lowest BCUT2D eigenvalue weighted by molar-refractivity contribution is -0.705. The Hall–Kier alpha value is 0.150. The summed E-state index contributed by atoms with van der Waals surface area (Å²) in [5, 5.41) is 30.7. The molecule has 0 amide bonds. The quantitative estimate of drug-likeness (QED) is 0.392. The minimum absolute atomic E-state index is 0.118. The first-order chi connectivity index (χ1) is 6.63. The summed E-state index contributed by atoms with van der Waals surface area (Å²) in [7, 11) is 0. The summed E-state index contributed by atoms with van der Waals surface area (Å²) in [5.41, 5.74) is -0.124. The Bertz CT molecular complexity index is 216. The molecule has 0 aromatic rings. The molecule has 2 saturated heterocycles. The second-order valence-electron chi connectivity index (χ2n) is 3.82. The van der Waals surface area contributed by atoms with Gasteiger partial charge in [-0.25, -0.2) is 0 Å². The van der Waals surface area contributed by atoms with E-state index in [1.807, 2.05) is 12.2 Å². The summed E-state index contributed by atoms with van der Waals surface area (Å²) in [6, 6.07) is -0.118. The van der Waals surface area contributed by atoms with E-state index in [2.05, 4.69) is 0 Å². The molecule has 0 aliphatic carbocycles. The van der Waals surface area contributed by atoms with Gasteiger partial charge in [0, 0.05) is 0 Å². The van der Waals surface area contributed by atoms with Gasteiger partial charge in [-0.2, -0.15) is 0 Å². The lowest BCUT2D eigenvalue weighted by Gasteiger charge is -2.36. The van der Waals surface area contributed by atoms with Gasteiger partial charge in [-0.05, 0) is 6.92 Å². The van der Waals surface area contributed by atoms with E-state index in [-0.39, 0.29) is 18.1 Å². The molecule has 0 spiro atoms. The summed E-state index contributed by atoms with van der Waals surface area (Å²) in [4.78, 5) is 0. The maximum Gasteiger partial charge on any atom is 0.163 e. The number of hydrogen-bond donors (Lipinski definition) is 4. The number of nitrogens with two attached hydrogens (primary N) is 1. The van der Waals surface area contributed by atoms with Gasteiger partial charge in [-0.15, -0.1) is 0 Å². The summed E-state index contributed by atoms with van der Waals surface area (Å²) in [6.45, 7) is 1.77. The van der Waals surface area contributed by atoms with Crippen molar-refractivity contribution in [2.75, 3.05) is 6.61 Å². The van der Waals surface area contributed by atoms with E-state index in [0.29, 0.717) is 5.37 Å². The van der Waals surface area contributed by atoms with Crippen molar-refractivity contribution in [2.45, 2.75) is 42.1 Å². The first-order valence-corrected chi connectivity index (χ1v) is 5.70. The Balaban J connectivity index is 2.09. The van der Waals surface area contributed by atoms with Gasteiger partial charge in [0.1, 0.15) is 23.7 Å². The van der Waals surface area contributed by atoms with Crippen LogP contribution >= 0.6 is 11.8 Å². The zero-order valence-electron chi connectivity index (χ0n) is 7.91. The Morgan fingerprint density at radius 2 is 2.07 bits per heavy atom. The molecule has 6 heteroatoms. The smallest absolute Gasteiger partial charge is 0.163 e. The van der Waals surface area contributed by atoms with Gasteiger partial charge >= 0.3 is 0 Å². The average molecular weight is 222 g/mol. The van der Waals surface area contributed by atoms with Crippen LogP contribution in [0.15, 0.2) is 0 Å². The largest absolute Gasteiger partial charge is 0.394 e. The molecule has 5 nitrogen and oxygen atoms in total. The number of fused-ring (bicyclic) bond motifs is 1. The fourth-order valence-corrected chi connectivity index (χ4v) is 3.34. The Kier molecular flexibility index (Phi) is 3.01. The standard InChI is InChI=1S/C8H15NO4S/c1-3-9-5-7(12)6(11)4(2-10)13-8(5)14-3/h3-12H,2H2,1H3/p+1/t3-,4+,5+,6+,7+,8+/m0/s1. The topological polar surface area (TPSA) is 86.5 Å². The van der Waals surface area contributed by atoms with Gasteiger partial charge in [-0.3, -0.25) is 0 Å². The van der Waals surface area contributed by atoms with E-state index >= 15 is 0 Å². The van der Waals surface area contributed by atoms with Gasteiger partial charge in [0.15, 0.2) is 11.5 Å². The van der Waals surface area contributed by atoms with Gasteiger partial charge in [0.05, 0.1) is 6.61 Å². The Morgan fingerprint density at radius 3 is 2.71 bits per heavy atom. The summed E-state index contributed by atoms with van der Waals surface area (Å²) in [5.74, 6) is 0. The third kappa shape index (κ3) is 1.66. The van der Waals surface area contributed by atoms with Crippen LogP contribution in [-0.2, 0) is 4.74 Å². The number of hydrogen-bond acceptors (Lipinski definition) is 5. The van der Waals surface area contributed by atoms with Gasteiger partial charge in [0.25, 0.3) is 0 Å². The van der Waals surface area contributed by atoms with Crippen molar-refractivity contribution in [3.05, 3.63) is 0 Å². The van der Waals surface area contributed by atoms with Crippen LogP contribution in [0.4, 0.5) is 0 Å². The van der Waals surface area contributed by atoms with Crippen molar-refractivity contribution in [3.8, 4) is 0 Å². The van der Waals surface area contributed by atoms with Crippen LogP contribution in [0.1, 0.15) is 6.92 Å². The predicted octanol–water partition coefficient (Wildman–Crippen LogP) is -2.55. The maximum absolute atomic E-state index is 9.78. The number of thioether (sulfide) groups is 1. The van der Waals surface area contributed by atoms with Crippen LogP contribution in [0.2, 0.25) is 0 Å². The van der Waals surface area contributed by atoms with Crippen molar-refractivity contribution in [1.29, 1.82) is 0 Å². The molecule has 6 atom stereocenters. The molecule has 0 unspecified atom stereocenters. The lowest BCUT2D eigenvalue weighted by atomic mass is 9.98. The number of rotatable bonds is 1. The van der Waals surface area contributed by atoms with E-state index in [4.69, 9.17) is 9.84 Å². The van der Waals surface area contributed by atoms with Gasteiger partial charge in [-0.1, -0.05) is 11.8 Å². The highest BCUT2D eigenvalue weighted by Crippen LogP contribution is 2.31. The van der Waals surface area contributed by atoms with E-state index in [9.17, 15) is 10.2 Å². The second-order valence-corrected chi connectivity index (χ2v) is 5.30. The number of ether oxygens (including phenoxy) is 1. The van der Waals surface area contributed by atoms with Crippen LogP contribution in [-0.4, -0.2) is 57.1 Å². The highest BCUT2D eigenvalue weighted by atomic mass is 32.2. The number of aliphatic hydroxyl groups is 3. The molecule has 14 heavy (non-hydrogen) atoms. The molecular weight excluding hydrogens is 206 g/mol. The fraction of sp³-hybridized carbons (Fsp3) is 1.00. The van der Waals surface area contributed by atoms with Crippen LogP contribution in [0, 0.1) is 0 Å². The van der Waals surface area contributed by atoms with Crippen molar-refractivity contribution < 1.29 is 25.4 Å². The van der Waals surface area contributed by atoms with E-state index in [1.54, 1.807) is 11.8 Å². The number of aliphatic hydroxyl groups excluding tert-OH is 3. The molecule has 2 aliphatic rings. The molecule has 2 heterocycles. The summed E-state index contributed by atoms with van der Waals surface area (Å²) in [6.07, 6.45) is -2.45. The highest BCUT2D eigenvalue weighted by molar-refractivity contribution is 8.00. The monoisotopic (exact) mass is 222 g/mol. The van der Waals surface area contributed by atoms with Gasteiger partial charge in [0.2, 0.25) is 0 Å². The third-order valence-corrected chi connectivity index (χ3v) is 4.05. The van der Waals surface area contributed by atoms with Crippen molar-refractivity contribution in [1.82, 2.24) is 0 Å². The molecule has 2 aliphatic heterocycles. The molecule has 0 aromatic carbocycles. The molecule has 5 N–H and O–H groups in total. The summed E-state index contributed by atoms with van der Waals surface area (Å²) >= 11 is 1.61. The zero-order chi connectivity index (χ0) is 10.3. The van der Waals surface area contributed by atoms with E-state index in [0.717, 1.165) is 0 Å². The average Bonchev–Trinajstić information content (AvgIpc) is 2.52. The van der Waals surface area contributed by atoms with Crippen LogP contribution in [0.5, 0.6) is 0 Å². The lowest BCUT2D eigenvalue weighted by Crippen LogP contribution is -2.95. The maximum atomic E-state index is 9.78. The van der Waals surface area contributed by atoms with E-state index in [1.165, 1.54) is 0 Å². The molecule has 82 valence electrons. The predicted molar refractivity (Wildman–Crippen MR) is 50.5 cm³/mol. The fourth-order valence-electron chi connectivity index (χ4n) is 2.00. The molecule has 0 radical (unpaired) electrons. The Morgan fingerprint density at radius 1 is 1.36 bits per heavy atom. The van der Waals surface area contributed by atoms with Crippen molar-refractivity contribution in [2.24, 2.45) is 0 Å². The molecule has 0 saturated carbocycles. The van der Waals surface area contributed by atoms with Crippen LogP contribution < -0.4 is 5.32 Å². The summed E-state index contributed by atoms with van der Waals surface area (Å²) < 4.78 is 5.48. The molecule has 0 bridgehead atoms. The van der Waals surface area contributed by atoms with Gasteiger partial charge < -0.3 is 25.4 Å². The minimum atomic E-state index is -0.983. The first kappa shape index (κ1) is 10.7. The molecule has 2 fully saturated rings. The molecule has 2 rings (SSSR count). The number of quaternary nitrogens is 1. The first-order valence-electron chi connectivity index (χ1n) is 4.76. The van der Waals surface area contributed by atoms with E-state index < -0.39 is 18.3 Å². The molecule has 0 aromatic heterocycles. The van der Waals surface area contributed by atoms with Crippen molar-refractivity contribution >= 4 is 11.8 Å².